The van der Waals surface area contributed by atoms with E-state index in [1.54, 1.807) is 37.3 Å². The number of rotatable bonds is 4. The van der Waals surface area contributed by atoms with Gasteiger partial charge in [-0.05, 0) is 36.8 Å². The van der Waals surface area contributed by atoms with Gasteiger partial charge in [0, 0.05) is 16.1 Å². The SMILES string of the molecule is Cc1ccc(Oc2ccc(Br)cc2CO)c([N+](=O)[O-])c1. The number of benzene rings is 2. The Bertz CT molecular complexity index is 658. The van der Waals surface area contributed by atoms with Gasteiger partial charge in [-0.2, -0.15) is 0 Å². The molecule has 0 radical (unpaired) electrons. The van der Waals surface area contributed by atoms with Crippen molar-refractivity contribution in [2.24, 2.45) is 0 Å². The lowest BCUT2D eigenvalue weighted by molar-refractivity contribution is -0.385. The van der Waals surface area contributed by atoms with Gasteiger partial charge in [0.05, 0.1) is 11.5 Å². The molecule has 2 aromatic carbocycles. The predicted octanol–water partition coefficient (Wildman–Crippen LogP) is 3.95. The van der Waals surface area contributed by atoms with E-state index in [0.29, 0.717) is 11.3 Å². The number of hydrogen-bond donors (Lipinski definition) is 1. The Kier molecular flexibility index (Phi) is 4.36. The molecule has 0 aromatic heterocycles. The summed E-state index contributed by atoms with van der Waals surface area (Å²) in [6, 6.07) is 9.84. The van der Waals surface area contributed by atoms with E-state index in [1.165, 1.54) is 6.07 Å². The standard InChI is InChI=1S/C14H12BrNO4/c1-9-2-4-14(12(6-9)16(18)19)20-13-5-3-11(15)7-10(13)8-17/h2-7,17H,8H2,1H3. The Balaban J connectivity index is 2.42. The molecule has 0 saturated heterocycles. The van der Waals surface area contributed by atoms with Crippen LogP contribution in [0.25, 0.3) is 0 Å². The zero-order chi connectivity index (χ0) is 14.7. The van der Waals surface area contributed by atoms with E-state index in [4.69, 9.17) is 4.74 Å². The molecule has 1 N–H and O–H groups in total. The molecule has 2 rings (SSSR count). The molecule has 0 unspecified atom stereocenters. The maximum absolute atomic E-state index is 11.0. The second-order valence-corrected chi connectivity index (χ2v) is 5.16. The molecule has 0 bridgehead atoms. The molecule has 0 fully saturated rings. The Labute approximate surface area is 124 Å². The Morgan fingerprint density at radius 2 is 1.95 bits per heavy atom. The molecule has 104 valence electrons. The largest absolute Gasteiger partial charge is 0.450 e. The minimum Gasteiger partial charge on any atom is -0.450 e. The third-order valence-corrected chi connectivity index (χ3v) is 3.22. The van der Waals surface area contributed by atoms with Gasteiger partial charge in [-0.15, -0.1) is 0 Å². The number of nitro groups is 1. The number of halogens is 1. The van der Waals surface area contributed by atoms with Crippen LogP contribution in [-0.4, -0.2) is 10.0 Å². The first kappa shape index (κ1) is 14.5. The summed E-state index contributed by atoms with van der Waals surface area (Å²) in [5.74, 6) is 0.542. The van der Waals surface area contributed by atoms with Crippen LogP contribution in [0.1, 0.15) is 11.1 Å². The van der Waals surface area contributed by atoms with E-state index in [2.05, 4.69) is 15.9 Å². The highest BCUT2D eigenvalue weighted by Gasteiger charge is 2.17. The minimum absolute atomic E-state index is 0.100. The summed E-state index contributed by atoms with van der Waals surface area (Å²) in [7, 11) is 0. The van der Waals surface area contributed by atoms with E-state index < -0.39 is 4.92 Å². The fourth-order valence-electron chi connectivity index (χ4n) is 1.75. The average Bonchev–Trinajstić information content (AvgIpc) is 2.42. The number of hydrogen-bond acceptors (Lipinski definition) is 4. The molecule has 6 heteroatoms. The number of nitro benzene ring substituents is 1. The van der Waals surface area contributed by atoms with Crippen molar-refractivity contribution >= 4 is 21.6 Å². The molecular formula is C14H12BrNO4. The van der Waals surface area contributed by atoms with Gasteiger partial charge in [0.1, 0.15) is 5.75 Å². The maximum atomic E-state index is 11.0. The molecule has 0 aliphatic heterocycles. The van der Waals surface area contributed by atoms with E-state index in [0.717, 1.165) is 10.0 Å². The zero-order valence-electron chi connectivity index (χ0n) is 10.7. The molecule has 0 heterocycles. The number of aryl methyl sites for hydroxylation is 1. The number of aliphatic hydroxyl groups is 1. The Morgan fingerprint density at radius 3 is 2.60 bits per heavy atom. The van der Waals surface area contributed by atoms with E-state index in [1.807, 2.05) is 0 Å². The molecule has 20 heavy (non-hydrogen) atoms. The van der Waals surface area contributed by atoms with Gasteiger partial charge in [0.15, 0.2) is 0 Å². The summed E-state index contributed by atoms with van der Waals surface area (Å²) in [6.45, 7) is 1.56. The highest BCUT2D eigenvalue weighted by molar-refractivity contribution is 9.10. The van der Waals surface area contributed by atoms with Gasteiger partial charge in [0.2, 0.25) is 5.75 Å². The van der Waals surface area contributed by atoms with Gasteiger partial charge in [0.25, 0.3) is 0 Å². The van der Waals surface area contributed by atoms with Crippen molar-refractivity contribution in [3.8, 4) is 11.5 Å². The highest BCUT2D eigenvalue weighted by atomic mass is 79.9. The fraction of sp³-hybridized carbons (Fsp3) is 0.143. The van der Waals surface area contributed by atoms with Gasteiger partial charge in [-0.1, -0.05) is 22.0 Å². The highest BCUT2D eigenvalue weighted by Crippen LogP contribution is 2.34. The summed E-state index contributed by atoms with van der Waals surface area (Å²) in [6.07, 6.45) is 0. The van der Waals surface area contributed by atoms with Crippen LogP contribution < -0.4 is 4.74 Å². The van der Waals surface area contributed by atoms with Crippen molar-refractivity contribution < 1.29 is 14.8 Å². The Hall–Kier alpha value is -1.92. The summed E-state index contributed by atoms with van der Waals surface area (Å²) in [5.41, 5.74) is 1.23. The molecule has 0 atom stereocenters. The third kappa shape index (κ3) is 3.15. The van der Waals surface area contributed by atoms with Crippen LogP contribution in [0.2, 0.25) is 0 Å². The van der Waals surface area contributed by atoms with Crippen molar-refractivity contribution in [1.29, 1.82) is 0 Å². The number of nitrogens with zero attached hydrogens (tertiary/aromatic N) is 1. The Morgan fingerprint density at radius 1 is 1.25 bits per heavy atom. The van der Waals surface area contributed by atoms with Gasteiger partial charge >= 0.3 is 5.69 Å². The van der Waals surface area contributed by atoms with Gasteiger partial charge in [-0.3, -0.25) is 10.1 Å². The average molecular weight is 338 g/mol. The van der Waals surface area contributed by atoms with Crippen LogP contribution in [0.15, 0.2) is 40.9 Å². The van der Waals surface area contributed by atoms with Crippen molar-refractivity contribution in [3.05, 3.63) is 62.1 Å². The lowest BCUT2D eigenvalue weighted by atomic mass is 10.2. The minimum atomic E-state index is -0.486. The van der Waals surface area contributed by atoms with Crippen LogP contribution in [0.3, 0.4) is 0 Å². The fourth-order valence-corrected chi connectivity index (χ4v) is 2.15. The normalized spacial score (nSPS) is 10.3. The summed E-state index contributed by atoms with van der Waals surface area (Å²) in [4.78, 5) is 10.6. The lowest BCUT2D eigenvalue weighted by Gasteiger charge is -2.10. The van der Waals surface area contributed by atoms with E-state index in [9.17, 15) is 15.2 Å². The van der Waals surface area contributed by atoms with E-state index in [-0.39, 0.29) is 18.0 Å². The lowest BCUT2D eigenvalue weighted by Crippen LogP contribution is -1.96. The topological polar surface area (TPSA) is 72.6 Å². The van der Waals surface area contributed by atoms with Crippen LogP contribution in [-0.2, 0) is 6.61 Å². The van der Waals surface area contributed by atoms with Crippen molar-refractivity contribution in [2.45, 2.75) is 13.5 Å². The van der Waals surface area contributed by atoms with Crippen molar-refractivity contribution in [3.63, 3.8) is 0 Å². The first-order valence-corrected chi connectivity index (χ1v) is 6.62. The molecule has 0 aliphatic carbocycles. The summed E-state index contributed by atoms with van der Waals surface area (Å²) < 4.78 is 6.38. The maximum Gasteiger partial charge on any atom is 0.311 e. The van der Waals surface area contributed by atoms with Crippen LogP contribution in [0.4, 0.5) is 5.69 Å². The third-order valence-electron chi connectivity index (χ3n) is 2.72. The van der Waals surface area contributed by atoms with Crippen molar-refractivity contribution in [2.75, 3.05) is 0 Å². The number of aliphatic hydroxyl groups excluding tert-OH is 1. The molecule has 0 spiro atoms. The first-order chi connectivity index (χ1) is 9.51. The van der Waals surface area contributed by atoms with Crippen LogP contribution in [0, 0.1) is 17.0 Å². The molecule has 0 saturated carbocycles. The molecule has 0 aliphatic rings. The second kappa shape index (κ2) is 6.02. The van der Waals surface area contributed by atoms with Crippen LogP contribution in [0.5, 0.6) is 11.5 Å². The molecule has 0 amide bonds. The van der Waals surface area contributed by atoms with E-state index >= 15 is 0 Å². The smallest absolute Gasteiger partial charge is 0.311 e. The zero-order valence-corrected chi connectivity index (χ0v) is 12.3. The van der Waals surface area contributed by atoms with Gasteiger partial charge in [-0.25, -0.2) is 0 Å². The summed E-state index contributed by atoms with van der Waals surface area (Å²) >= 11 is 3.29. The first-order valence-electron chi connectivity index (χ1n) is 5.83. The predicted molar refractivity (Wildman–Crippen MR) is 78.0 cm³/mol. The monoisotopic (exact) mass is 337 g/mol. The van der Waals surface area contributed by atoms with Crippen LogP contribution >= 0.6 is 15.9 Å². The molecular weight excluding hydrogens is 326 g/mol. The molecule has 2 aromatic rings. The molecule has 5 nitrogen and oxygen atoms in total. The second-order valence-electron chi connectivity index (χ2n) is 4.24. The van der Waals surface area contributed by atoms with Crippen molar-refractivity contribution in [1.82, 2.24) is 0 Å². The quantitative estimate of drug-likeness (QED) is 0.677. The summed E-state index contributed by atoms with van der Waals surface area (Å²) in [5, 5.41) is 20.4. The number of ether oxygens (including phenoxy) is 1. The van der Waals surface area contributed by atoms with Gasteiger partial charge < -0.3 is 9.84 Å².